The van der Waals surface area contributed by atoms with Crippen LogP contribution in [0, 0.1) is 11.2 Å². The van der Waals surface area contributed by atoms with E-state index >= 15 is 0 Å². The van der Waals surface area contributed by atoms with Crippen molar-refractivity contribution in [3.8, 4) is 5.75 Å². The van der Waals surface area contributed by atoms with Gasteiger partial charge in [-0.3, -0.25) is 9.59 Å². The number of rotatable bonds is 15. The maximum Gasteiger partial charge on any atom is 0.328 e. The number of benzene rings is 1. The molecule has 0 unspecified atom stereocenters. The molecule has 1 rings (SSSR count). The van der Waals surface area contributed by atoms with Crippen molar-refractivity contribution >= 4 is 11.9 Å². The van der Waals surface area contributed by atoms with Crippen molar-refractivity contribution in [1.29, 1.82) is 0 Å². The van der Waals surface area contributed by atoms with Crippen LogP contribution in [0.5, 0.6) is 5.75 Å². The second-order valence-corrected chi connectivity index (χ2v) is 7.57. The maximum atomic E-state index is 13.8. The molecule has 0 spiro atoms. The topological polar surface area (TPSA) is 52.6 Å². The van der Waals surface area contributed by atoms with Crippen LogP contribution in [0.25, 0.3) is 0 Å². The Morgan fingerprint density at radius 1 is 0.828 bits per heavy atom. The predicted octanol–water partition coefficient (Wildman–Crippen LogP) is 6.61. The lowest BCUT2D eigenvalue weighted by atomic mass is 9.82. The average Bonchev–Trinajstić information content (AvgIpc) is 2.72. The van der Waals surface area contributed by atoms with Crippen LogP contribution in [-0.4, -0.2) is 18.5 Å². The zero-order valence-corrected chi connectivity index (χ0v) is 18.3. The van der Waals surface area contributed by atoms with Crippen molar-refractivity contribution < 1.29 is 23.5 Å². The molecule has 0 saturated carbocycles. The molecule has 0 bridgehead atoms. The van der Waals surface area contributed by atoms with Crippen molar-refractivity contribution in [3.05, 3.63) is 30.1 Å². The first-order valence-electron chi connectivity index (χ1n) is 11.2. The van der Waals surface area contributed by atoms with Crippen LogP contribution in [0.2, 0.25) is 0 Å². The molecule has 0 heterocycles. The van der Waals surface area contributed by atoms with E-state index in [9.17, 15) is 14.0 Å². The van der Waals surface area contributed by atoms with Gasteiger partial charge in [-0.1, -0.05) is 84.3 Å². The van der Waals surface area contributed by atoms with E-state index in [4.69, 9.17) is 9.47 Å². The minimum Gasteiger partial charge on any atom is -0.465 e. The van der Waals surface area contributed by atoms with Gasteiger partial charge in [-0.15, -0.1) is 0 Å². The summed E-state index contributed by atoms with van der Waals surface area (Å²) in [4.78, 5) is 25.3. The second-order valence-electron chi connectivity index (χ2n) is 7.57. The van der Waals surface area contributed by atoms with E-state index in [0.29, 0.717) is 6.61 Å². The van der Waals surface area contributed by atoms with E-state index in [-0.39, 0.29) is 18.6 Å². The SMILES string of the molecule is CCCCCCCCCCCOC(=O)C(CC)(CC)C(=O)Oc1ccccc1F. The van der Waals surface area contributed by atoms with Crippen LogP contribution in [-0.2, 0) is 14.3 Å². The van der Waals surface area contributed by atoms with Crippen LogP contribution in [0.3, 0.4) is 0 Å². The van der Waals surface area contributed by atoms with Gasteiger partial charge < -0.3 is 9.47 Å². The van der Waals surface area contributed by atoms with E-state index in [1.807, 2.05) is 0 Å². The number of hydrogen-bond donors (Lipinski definition) is 0. The molecular weight excluding hydrogens is 371 g/mol. The Morgan fingerprint density at radius 2 is 1.38 bits per heavy atom. The third kappa shape index (κ3) is 8.15. The van der Waals surface area contributed by atoms with Gasteiger partial charge in [-0.25, -0.2) is 4.39 Å². The average molecular weight is 409 g/mol. The first kappa shape index (κ1) is 25.1. The van der Waals surface area contributed by atoms with Gasteiger partial charge in [0.05, 0.1) is 6.61 Å². The Balaban J connectivity index is 2.43. The van der Waals surface area contributed by atoms with Gasteiger partial charge in [-0.2, -0.15) is 0 Å². The summed E-state index contributed by atoms with van der Waals surface area (Å²) in [6, 6.07) is 5.67. The number of halogens is 1. The quantitative estimate of drug-likeness (QED) is 0.142. The van der Waals surface area contributed by atoms with Gasteiger partial charge in [0, 0.05) is 0 Å². The number of ether oxygens (including phenoxy) is 2. The fraction of sp³-hybridized carbons (Fsp3) is 0.667. The van der Waals surface area contributed by atoms with E-state index in [2.05, 4.69) is 6.92 Å². The van der Waals surface area contributed by atoms with Crippen LogP contribution >= 0.6 is 0 Å². The Kier molecular flexibility index (Phi) is 12.2. The molecule has 1 aromatic rings. The van der Waals surface area contributed by atoms with Gasteiger partial charge >= 0.3 is 11.9 Å². The first-order valence-corrected chi connectivity index (χ1v) is 11.2. The molecule has 0 aliphatic rings. The highest BCUT2D eigenvalue weighted by atomic mass is 19.1. The van der Waals surface area contributed by atoms with Gasteiger partial charge in [0.2, 0.25) is 0 Å². The molecule has 0 N–H and O–H groups in total. The fourth-order valence-electron chi connectivity index (χ4n) is 3.35. The number of carbonyl (C=O) groups is 2. The lowest BCUT2D eigenvalue weighted by Crippen LogP contribution is -2.42. The van der Waals surface area contributed by atoms with E-state index in [1.165, 1.54) is 56.7 Å². The lowest BCUT2D eigenvalue weighted by Gasteiger charge is -2.26. The lowest BCUT2D eigenvalue weighted by molar-refractivity contribution is -0.168. The summed E-state index contributed by atoms with van der Waals surface area (Å²) >= 11 is 0. The minimum atomic E-state index is -1.40. The number of carbonyl (C=O) groups excluding carboxylic acids is 2. The standard InChI is InChI=1S/C24H37FO4/c1-4-7-8-9-10-11-12-13-16-19-28-22(26)24(5-2,6-3)23(27)29-21-18-15-14-17-20(21)25/h14-15,17-18H,4-13,16,19H2,1-3H3. The van der Waals surface area contributed by atoms with E-state index in [0.717, 1.165) is 19.3 Å². The molecule has 0 saturated heterocycles. The van der Waals surface area contributed by atoms with Crippen molar-refractivity contribution in [2.45, 2.75) is 91.4 Å². The largest absolute Gasteiger partial charge is 0.465 e. The third-order valence-electron chi connectivity index (χ3n) is 5.51. The molecule has 0 fully saturated rings. The molecule has 1 aromatic carbocycles. The van der Waals surface area contributed by atoms with Crippen molar-refractivity contribution in [2.24, 2.45) is 5.41 Å². The van der Waals surface area contributed by atoms with Crippen LogP contribution in [0.15, 0.2) is 24.3 Å². The Labute approximate surface area is 175 Å². The molecule has 0 amide bonds. The minimum absolute atomic E-state index is 0.171. The van der Waals surface area contributed by atoms with Crippen molar-refractivity contribution in [2.75, 3.05) is 6.61 Å². The molecule has 0 atom stereocenters. The molecule has 0 aromatic heterocycles. The monoisotopic (exact) mass is 408 g/mol. The second kappa shape index (κ2) is 14.1. The zero-order valence-electron chi connectivity index (χ0n) is 18.3. The fourth-order valence-corrected chi connectivity index (χ4v) is 3.35. The Morgan fingerprint density at radius 3 is 1.93 bits per heavy atom. The predicted molar refractivity (Wildman–Crippen MR) is 113 cm³/mol. The highest BCUT2D eigenvalue weighted by Gasteiger charge is 2.46. The smallest absolute Gasteiger partial charge is 0.328 e. The van der Waals surface area contributed by atoms with E-state index in [1.54, 1.807) is 19.9 Å². The van der Waals surface area contributed by atoms with Crippen molar-refractivity contribution in [3.63, 3.8) is 0 Å². The molecule has 4 nitrogen and oxygen atoms in total. The molecule has 0 radical (unpaired) electrons. The summed E-state index contributed by atoms with van der Waals surface area (Å²) in [6.45, 7) is 5.99. The zero-order chi connectivity index (χ0) is 21.5. The highest BCUT2D eigenvalue weighted by molar-refractivity contribution is 6.00. The summed E-state index contributed by atoms with van der Waals surface area (Å²) < 4.78 is 24.4. The summed E-state index contributed by atoms with van der Waals surface area (Å²) in [5, 5.41) is 0. The Bertz CT molecular complexity index is 611. The van der Waals surface area contributed by atoms with E-state index < -0.39 is 23.2 Å². The highest BCUT2D eigenvalue weighted by Crippen LogP contribution is 2.31. The molecule has 29 heavy (non-hydrogen) atoms. The van der Waals surface area contributed by atoms with Crippen molar-refractivity contribution in [1.82, 2.24) is 0 Å². The maximum absolute atomic E-state index is 13.8. The number of unbranched alkanes of at least 4 members (excludes halogenated alkanes) is 8. The van der Waals surface area contributed by atoms with Gasteiger partial charge in [-0.05, 0) is 31.4 Å². The number of para-hydroxylation sites is 1. The summed E-state index contributed by atoms with van der Waals surface area (Å²) in [5.41, 5.74) is -1.40. The summed E-state index contributed by atoms with van der Waals surface area (Å²) in [7, 11) is 0. The summed E-state index contributed by atoms with van der Waals surface area (Å²) in [6.07, 6.45) is 11.1. The number of hydrogen-bond acceptors (Lipinski definition) is 4. The third-order valence-corrected chi connectivity index (χ3v) is 5.51. The first-order chi connectivity index (χ1) is 14.0. The van der Waals surface area contributed by atoms with Gasteiger partial charge in [0.1, 0.15) is 0 Å². The summed E-state index contributed by atoms with van der Waals surface area (Å²) in [5.74, 6) is -2.14. The molecule has 164 valence electrons. The molecule has 5 heteroatoms. The van der Waals surface area contributed by atoms with Crippen LogP contribution in [0.1, 0.15) is 91.4 Å². The van der Waals surface area contributed by atoms with Gasteiger partial charge in [0.15, 0.2) is 17.0 Å². The molecule has 0 aliphatic heterocycles. The van der Waals surface area contributed by atoms with Crippen LogP contribution in [0.4, 0.5) is 4.39 Å². The normalized spacial score (nSPS) is 11.3. The Hall–Kier alpha value is -1.91. The van der Waals surface area contributed by atoms with Crippen LogP contribution < -0.4 is 4.74 Å². The number of esters is 2. The molecule has 0 aliphatic carbocycles. The molecular formula is C24H37FO4. The van der Waals surface area contributed by atoms with Gasteiger partial charge in [0.25, 0.3) is 0 Å².